The molecule has 1 aliphatic heterocycles. The first-order valence-corrected chi connectivity index (χ1v) is 9.81. The highest BCUT2D eigenvalue weighted by Gasteiger charge is 2.50. The van der Waals surface area contributed by atoms with Gasteiger partial charge in [0.1, 0.15) is 0 Å². The first-order chi connectivity index (χ1) is 12.1. The number of carbonyl (C=O) groups is 2. The molecule has 0 aromatic heterocycles. The summed E-state index contributed by atoms with van der Waals surface area (Å²) in [6.45, 7) is 9.85. The fourth-order valence-electron chi connectivity index (χ4n) is 5.39. The number of carbonyl (C=O) groups excluding carboxylic acids is 2. The molecule has 146 valence electrons. The van der Waals surface area contributed by atoms with E-state index in [9.17, 15) is 9.59 Å². The van der Waals surface area contributed by atoms with Gasteiger partial charge in [0.25, 0.3) is 0 Å². The molecule has 0 aromatic carbocycles. The number of rotatable bonds is 3. The van der Waals surface area contributed by atoms with Crippen LogP contribution in [0.4, 0.5) is 0 Å². The number of esters is 2. The van der Waals surface area contributed by atoms with E-state index in [1.807, 2.05) is 0 Å². The van der Waals surface area contributed by atoms with Crippen LogP contribution in [0.5, 0.6) is 0 Å². The van der Waals surface area contributed by atoms with Crippen molar-refractivity contribution in [2.45, 2.75) is 85.7 Å². The van der Waals surface area contributed by atoms with Crippen molar-refractivity contribution in [2.75, 3.05) is 0 Å². The molecule has 2 fully saturated rings. The van der Waals surface area contributed by atoms with Gasteiger partial charge in [-0.15, -0.1) is 0 Å². The zero-order valence-corrected chi connectivity index (χ0v) is 16.7. The molecule has 1 heterocycles. The minimum atomic E-state index is -0.669. The van der Waals surface area contributed by atoms with Gasteiger partial charge in [0.05, 0.1) is 0 Å². The van der Waals surface area contributed by atoms with Gasteiger partial charge in [0.2, 0.25) is 12.6 Å². The number of allylic oxidation sites excluding steroid dienone is 1. The molecule has 5 nitrogen and oxygen atoms in total. The molecule has 1 saturated heterocycles. The molecule has 26 heavy (non-hydrogen) atoms. The van der Waals surface area contributed by atoms with Gasteiger partial charge in [0, 0.05) is 25.7 Å². The molecule has 5 heteroatoms. The number of hydrogen-bond donors (Lipinski definition) is 0. The van der Waals surface area contributed by atoms with Crippen LogP contribution in [0.15, 0.2) is 11.6 Å². The van der Waals surface area contributed by atoms with E-state index in [0.717, 1.165) is 12.8 Å². The normalized spacial score (nSPS) is 38.9. The Bertz CT molecular complexity index is 608. The van der Waals surface area contributed by atoms with Gasteiger partial charge >= 0.3 is 11.9 Å². The van der Waals surface area contributed by atoms with Gasteiger partial charge < -0.3 is 14.2 Å². The third kappa shape index (κ3) is 3.98. The SMILES string of the molecule is CC(=O)O[C@H]1O[C@@H](OC(C)=O)[C@@H]2CCC([C@]3(C)CCCC(C)(C)C3)=C[C@H]12. The largest absolute Gasteiger partial charge is 0.435 e. The maximum atomic E-state index is 11.5. The van der Waals surface area contributed by atoms with Crippen molar-refractivity contribution in [1.82, 2.24) is 0 Å². The fourth-order valence-corrected chi connectivity index (χ4v) is 5.39. The third-order valence-electron chi connectivity index (χ3n) is 6.36. The summed E-state index contributed by atoms with van der Waals surface area (Å²) >= 11 is 0. The van der Waals surface area contributed by atoms with Gasteiger partial charge in [-0.05, 0) is 42.9 Å². The second kappa shape index (κ2) is 6.99. The van der Waals surface area contributed by atoms with E-state index in [-0.39, 0.29) is 29.2 Å². The topological polar surface area (TPSA) is 61.8 Å². The van der Waals surface area contributed by atoms with E-state index in [4.69, 9.17) is 14.2 Å². The lowest BCUT2D eigenvalue weighted by Gasteiger charge is -2.46. The Labute approximate surface area is 156 Å². The van der Waals surface area contributed by atoms with Crippen molar-refractivity contribution < 1.29 is 23.8 Å². The van der Waals surface area contributed by atoms with E-state index in [0.29, 0.717) is 5.41 Å². The van der Waals surface area contributed by atoms with Crippen LogP contribution < -0.4 is 0 Å². The molecule has 3 rings (SSSR count). The summed E-state index contributed by atoms with van der Waals surface area (Å²) < 4.78 is 16.6. The summed E-state index contributed by atoms with van der Waals surface area (Å²) in [5.41, 5.74) is 2.00. The smallest absolute Gasteiger partial charge is 0.304 e. The molecule has 0 radical (unpaired) electrons. The van der Waals surface area contributed by atoms with E-state index in [2.05, 4.69) is 26.8 Å². The second-order valence-electron chi connectivity index (χ2n) is 9.32. The summed E-state index contributed by atoms with van der Waals surface area (Å²) in [4.78, 5) is 22.9. The van der Waals surface area contributed by atoms with Crippen LogP contribution in [0.1, 0.15) is 73.1 Å². The van der Waals surface area contributed by atoms with Crippen molar-refractivity contribution in [1.29, 1.82) is 0 Å². The molecule has 3 aliphatic rings. The minimum absolute atomic E-state index is 0.0473. The van der Waals surface area contributed by atoms with Gasteiger partial charge in [-0.25, -0.2) is 0 Å². The second-order valence-corrected chi connectivity index (χ2v) is 9.32. The summed E-state index contributed by atoms with van der Waals surface area (Å²) in [6, 6.07) is 0. The molecule has 0 N–H and O–H groups in total. The third-order valence-corrected chi connectivity index (χ3v) is 6.36. The van der Waals surface area contributed by atoms with E-state index >= 15 is 0 Å². The molecule has 1 saturated carbocycles. The molecule has 2 aliphatic carbocycles. The molecular weight excluding hydrogens is 332 g/mol. The van der Waals surface area contributed by atoms with Crippen LogP contribution in [-0.2, 0) is 23.8 Å². The standard InChI is InChI=1S/C21H32O5/c1-13(22)24-18-16-8-7-15(11-17(16)19(26-18)25-14(2)23)21(5)10-6-9-20(3,4)12-21/h11,16-19H,6-10,12H2,1-5H3/t16-,17+,18-,19+,21-/m1/s1. The molecule has 0 spiro atoms. The summed E-state index contributed by atoms with van der Waals surface area (Å²) in [6.07, 6.45) is 7.75. The van der Waals surface area contributed by atoms with Crippen LogP contribution in [-0.4, -0.2) is 24.5 Å². The van der Waals surface area contributed by atoms with Crippen LogP contribution in [0.2, 0.25) is 0 Å². The van der Waals surface area contributed by atoms with E-state index < -0.39 is 12.6 Å². The molecule has 0 aromatic rings. The Hall–Kier alpha value is -1.36. The minimum Gasteiger partial charge on any atom is -0.435 e. The molecule has 0 amide bonds. The van der Waals surface area contributed by atoms with Gasteiger partial charge in [0.15, 0.2) is 0 Å². The predicted molar refractivity (Wildman–Crippen MR) is 96.8 cm³/mol. The monoisotopic (exact) mass is 364 g/mol. The highest BCUT2D eigenvalue weighted by atomic mass is 16.8. The molecule has 0 unspecified atom stereocenters. The van der Waals surface area contributed by atoms with Gasteiger partial charge in [-0.2, -0.15) is 0 Å². The van der Waals surface area contributed by atoms with Gasteiger partial charge in [-0.3, -0.25) is 9.59 Å². The number of fused-ring (bicyclic) bond motifs is 1. The van der Waals surface area contributed by atoms with Crippen molar-refractivity contribution in [3.05, 3.63) is 11.6 Å². The Morgan fingerprint density at radius 3 is 2.35 bits per heavy atom. The molecule has 5 atom stereocenters. The Morgan fingerprint density at radius 1 is 1.08 bits per heavy atom. The number of hydrogen-bond acceptors (Lipinski definition) is 5. The molecular formula is C21H32O5. The Kier molecular flexibility index (Phi) is 5.22. The average molecular weight is 364 g/mol. The lowest BCUT2D eigenvalue weighted by atomic mass is 9.59. The predicted octanol–water partition coefficient (Wildman–Crippen LogP) is 4.35. The molecule has 0 bridgehead atoms. The van der Waals surface area contributed by atoms with Crippen molar-refractivity contribution in [2.24, 2.45) is 22.7 Å². The first kappa shape index (κ1) is 19.4. The quantitative estimate of drug-likeness (QED) is 0.550. The van der Waals surface area contributed by atoms with Crippen LogP contribution in [0.25, 0.3) is 0 Å². The van der Waals surface area contributed by atoms with Gasteiger partial charge in [-0.1, -0.05) is 38.8 Å². The van der Waals surface area contributed by atoms with E-state index in [1.165, 1.54) is 45.1 Å². The van der Waals surface area contributed by atoms with Crippen LogP contribution in [0, 0.1) is 22.7 Å². The maximum Gasteiger partial charge on any atom is 0.304 e. The fraction of sp³-hybridized carbons (Fsp3) is 0.810. The zero-order chi connectivity index (χ0) is 19.1. The highest BCUT2D eigenvalue weighted by Crippen LogP contribution is 2.54. The zero-order valence-electron chi connectivity index (χ0n) is 16.7. The first-order valence-electron chi connectivity index (χ1n) is 9.81. The maximum absolute atomic E-state index is 11.5. The lowest BCUT2D eigenvalue weighted by molar-refractivity contribution is -0.213. The Balaban J connectivity index is 1.85. The Morgan fingerprint density at radius 2 is 1.73 bits per heavy atom. The van der Waals surface area contributed by atoms with Crippen molar-refractivity contribution in [3.8, 4) is 0 Å². The number of ether oxygens (including phenoxy) is 3. The highest BCUT2D eigenvalue weighted by molar-refractivity contribution is 5.66. The average Bonchev–Trinajstić information content (AvgIpc) is 2.82. The summed E-state index contributed by atoms with van der Waals surface area (Å²) in [7, 11) is 0. The summed E-state index contributed by atoms with van der Waals surface area (Å²) in [5.74, 6) is -0.739. The van der Waals surface area contributed by atoms with E-state index in [1.54, 1.807) is 0 Å². The summed E-state index contributed by atoms with van der Waals surface area (Å²) in [5, 5.41) is 0. The lowest BCUT2D eigenvalue weighted by Crippen LogP contribution is -2.36. The van der Waals surface area contributed by atoms with Crippen LogP contribution >= 0.6 is 0 Å². The van der Waals surface area contributed by atoms with Crippen LogP contribution in [0.3, 0.4) is 0 Å². The van der Waals surface area contributed by atoms with Crippen molar-refractivity contribution >= 4 is 11.9 Å². The van der Waals surface area contributed by atoms with Crippen molar-refractivity contribution in [3.63, 3.8) is 0 Å².